The van der Waals surface area contributed by atoms with Gasteiger partial charge in [0.25, 0.3) is 15.9 Å². The van der Waals surface area contributed by atoms with E-state index in [0.29, 0.717) is 44.8 Å². The van der Waals surface area contributed by atoms with Crippen LogP contribution in [-0.2, 0) is 21.0 Å². The fourth-order valence-corrected chi connectivity index (χ4v) is 5.09. The Morgan fingerprint density at radius 2 is 1.88 bits per heavy atom. The van der Waals surface area contributed by atoms with Gasteiger partial charge in [0.1, 0.15) is 0 Å². The molecule has 1 amide bonds. The van der Waals surface area contributed by atoms with Crippen LogP contribution in [0.15, 0.2) is 52.6 Å². The molecule has 0 aromatic heterocycles. The minimum Gasteiger partial charge on any atom is -0.369 e. The SMILES string of the molecule is O=C(NCCCN1CCN(c2cccc(C(F)(F)F)c2)CC1)C1=CC=CN2CCS(=O)(=O)N=C12. The smallest absolute Gasteiger partial charge is 0.369 e. The van der Waals surface area contributed by atoms with Gasteiger partial charge in [-0.05, 0) is 43.3 Å². The van der Waals surface area contributed by atoms with Crippen molar-refractivity contribution in [3.05, 3.63) is 53.8 Å². The van der Waals surface area contributed by atoms with Crippen molar-refractivity contribution < 1.29 is 26.4 Å². The fourth-order valence-electron chi connectivity index (χ4n) is 4.10. The number of sulfonamides is 1. The average molecular weight is 498 g/mol. The van der Waals surface area contributed by atoms with Crippen molar-refractivity contribution in [1.82, 2.24) is 15.1 Å². The molecule has 0 aliphatic carbocycles. The van der Waals surface area contributed by atoms with Gasteiger partial charge in [-0.1, -0.05) is 6.07 Å². The Labute approximate surface area is 196 Å². The number of piperazine rings is 1. The van der Waals surface area contributed by atoms with Gasteiger partial charge in [0.15, 0.2) is 5.84 Å². The van der Waals surface area contributed by atoms with E-state index in [9.17, 15) is 26.4 Å². The normalized spacial score (nSPS) is 20.4. The number of carbonyl (C=O) groups excluding carboxylic acids is 1. The van der Waals surface area contributed by atoms with E-state index in [1.54, 1.807) is 29.3 Å². The van der Waals surface area contributed by atoms with Crippen LogP contribution in [0.5, 0.6) is 0 Å². The van der Waals surface area contributed by atoms with Gasteiger partial charge in [0.05, 0.1) is 16.9 Å². The molecule has 1 aromatic rings. The number of amidine groups is 1. The van der Waals surface area contributed by atoms with Crippen molar-refractivity contribution in [1.29, 1.82) is 0 Å². The molecule has 0 unspecified atom stereocenters. The van der Waals surface area contributed by atoms with Crippen LogP contribution in [-0.4, -0.2) is 81.5 Å². The summed E-state index contributed by atoms with van der Waals surface area (Å²) in [6.45, 7) is 4.07. The molecule has 1 N–H and O–H groups in total. The first-order valence-electron chi connectivity index (χ1n) is 11.0. The Morgan fingerprint density at radius 3 is 2.62 bits per heavy atom. The molecule has 4 rings (SSSR count). The van der Waals surface area contributed by atoms with Crippen molar-refractivity contribution in [2.75, 3.05) is 56.5 Å². The lowest BCUT2D eigenvalue weighted by Gasteiger charge is -2.36. The first kappa shape index (κ1) is 24.3. The lowest BCUT2D eigenvalue weighted by molar-refractivity contribution is -0.137. The minimum absolute atomic E-state index is 0.0865. The summed E-state index contributed by atoms with van der Waals surface area (Å²) in [5.41, 5.74) is 0.144. The number of alkyl halides is 3. The van der Waals surface area contributed by atoms with Gasteiger partial charge in [-0.3, -0.25) is 9.69 Å². The second kappa shape index (κ2) is 9.79. The van der Waals surface area contributed by atoms with Crippen molar-refractivity contribution in [3.63, 3.8) is 0 Å². The topological polar surface area (TPSA) is 85.3 Å². The van der Waals surface area contributed by atoms with E-state index in [2.05, 4.69) is 14.6 Å². The van der Waals surface area contributed by atoms with Gasteiger partial charge in [-0.2, -0.15) is 13.2 Å². The van der Waals surface area contributed by atoms with Crippen molar-refractivity contribution in [2.45, 2.75) is 12.6 Å². The summed E-state index contributed by atoms with van der Waals surface area (Å²) in [6, 6.07) is 5.38. The number of amides is 1. The number of carbonyl (C=O) groups is 1. The molecule has 34 heavy (non-hydrogen) atoms. The molecule has 8 nitrogen and oxygen atoms in total. The van der Waals surface area contributed by atoms with E-state index in [-0.39, 0.29) is 29.6 Å². The molecule has 3 heterocycles. The predicted molar refractivity (Wildman–Crippen MR) is 123 cm³/mol. The summed E-state index contributed by atoms with van der Waals surface area (Å²) in [5.74, 6) is -0.312. The highest BCUT2D eigenvalue weighted by Gasteiger charge is 2.31. The Bertz CT molecular complexity index is 1120. The van der Waals surface area contributed by atoms with E-state index >= 15 is 0 Å². The van der Waals surface area contributed by atoms with Gasteiger partial charge in [0, 0.05) is 51.2 Å². The summed E-state index contributed by atoms with van der Waals surface area (Å²) in [5, 5.41) is 2.82. The number of fused-ring (bicyclic) bond motifs is 1. The van der Waals surface area contributed by atoms with Crippen LogP contribution in [0.3, 0.4) is 0 Å². The molecule has 12 heteroatoms. The molecular formula is C22H26F3N5O3S. The van der Waals surface area contributed by atoms with E-state index in [1.165, 1.54) is 12.1 Å². The van der Waals surface area contributed by atoms with E-state index in [4.69, 9.17) is 0 Å². The molecule has 0 saturated carbocycles. The molecule has 0 spiro atoms. The maximum Gasteiger partial charge on any atom is 0.416 e. The van der Waals surface area contributed by atoms with Crippen LogP contribution >= 0.6 is 0 Å². The van der Waals surface area contributed by atoms with Gasteiger partial charge in [-0.25, -0.2) is 8.42 Å². The lowest BCUT2D eigenvalue weighted by Crippen LogP contribution is -2.47. The number of rotatable bonds is 6. The van der Waals surface area contributed by atoms with Crippen LogP contribution < -0.4 is 10.2 Å². The van der Waals surface area contributed by atoms with Crippen LogP contribution in [0, 0.1) is 0 Å². The van der Waals surface area contributed by atoms with E-state index in [1.807, 2.05) is 4.90 Å². The molecule has 3 aliphatic heterocycles. The molecule has 0 bridgehead atoms. The molecule has 3 aliphatic rings. The summed E-state index contributed by atoms with van der Waals surface area (Å²) >= 11 is 0. The van der Waals surface area contributed by atoms with Crippen LogP contribution in [0.4, 0.5) is 18.9 Å². The largest absolute Gasteiger partial charge is 0.416 e. The zero-order valence-corrected chi connectivity index (χ0v) is 19.3. The minimum atomic E-state index is -4.36. The van der Waals surface area contributed by atoms with E-state index < -0.39 is 21.8 Å². The Kier molecular flexibility index (Phi) is 6.99. The molecule has 1 aromatic carbocycles. The number of nitrogens with zero attached hydrogens (tertiary/aromatic N) is 4. The zero-order valence-electron chi connectivity index (χ0n) is 18.5. The predicted octanol–water partition coefficient (Wildman–Crippen LogP) is 1.83. The Hall–Kier alpha value is -2.86. The summed E-state index contributed by atoms with van der Waals surface area (Å²) in [6.07, 6.45) is 1.27. The number of halogens is 3. The maximum atomic E-state index is 13.0. The number of nitrogens with one attached hydrogen (secondary N) is 1. The monoisotopic (exact) mass is 497 g/mol. The highest BCUT2D eigenvalue weighted by atomic mass is 32.2. The quantitative estimate of drug-likeness (QED) is 0.604. The highest BCUT2D eigenvalue weighted by Crippen LogP contribution is 2.31. The second-order valence-electron chi connectivity index (χ2n) is 8.30. The molecular weight excluding hydrogens is 471 g/mol. The first-order chi connectivity index (χ1) is 16.1. The standard InChI is InChI=1S/C22H26F3N5O3S/c23-22(24,25)17-4-1-5-18(16-17)29-12-10-28(11-13-29)8-3-7-26-21(31)19-6-2-9-30-14-15-34(32,33)27-20(19)30/h1-2,4-6,9,16H,3,7-8,10-15H2,(H,26,31). The number of hydrogen-bond acceptors (Lipinski definition) is 6. The third kappa shape index (κ3) is 5.79. The van der Waals surface area contributed by atoms with Gasteiger partial charge < -0.3 is 15.1 Å². The first-order valence-corrected chi connectivity index (χ1v) is 12.6. The van der Waals surface area contributed by atoms with Gasteiger partial charge in [-0.15, -0.1) is 4.40 Å². The number of hydrogen-bond donors (Lipinski definition) is 1. The van der Waals surface area contributed by atoms with Crippen molar-refractivity contribution in [2.24, 2.45) is 4.40 Å². The van der Waals surface area contributed by atoms with Crippen LogP contribution in [0.2, 0.25) is 0 Å². The Morgan fingerprint density at radius 1 is 1.12 bits per heavy atom. The highest BCUT2D eigenvalue weighted by molar-refractivity contribution is 7.90. The summed E-state index contributed by atoms with van der Waals surface area (Å²) in [7, 11) is -3.57. The average Bonchev–Trinajstić information content (AvgIpc) is 2.81. The maximum absolute atomic E-state index is 13.0. The van der Waals surface area contributed by atoms with Gasteiger partial charge in [0.2, 0.25) is 0 Å². The molecule has 1 saturated heterocycles. The Balaban J connectivity index is 1.22. The molecule has 1 fully saturated rings. The molecule has 0 atom stereocenters. The van der Waals surface area contributed by atoms with Crippen molar-refractivity contribution in [3.8, 4) is 0 Å². The zero-order chi connectivity index (χ0) is 24.3. The van der Waals surface area contributed by atoms with E-state index in [0.717, 1.165) is 12.6 Å². The van der Waals surface area contributed by atoms with Crippen molar-refractivity contribution >= 4 is 27.5 Å². The molecule has 184 valence electrons. The van der Waals surface area contributed by atoms with Crippen LogP contribution in [0.1, 0.15) is 12.0 Å². The second-order valence-corrected chi connectivity index (χ2v) is 10.1. The summed E-state index contributed by atoms with van der Waals surface area (Å²) in [4.78, 5) is 18.4. The number of benzene rings is 1. The summed E-state index contributed by atoms with van der Waals surface area (Å²) < 4.78 is 66.3. The third-order valence-electron chi connectivity index (χ3n) is 5.95. The van der Waals surface area contributed by atoms with Gasteiger partial charge >= 0.3 is 6.18 Å². The fraction of sp³-hybridized carbons (Fsp3) is 0.455. The number of anilines is 1. The van der Waals surface area contributed by atoms with Crippen LogP contribution in [0.25, 0.3) is 0 Å². The number of allylic oxidation sites excluding steroid dienone is 2. The molecule has 0 radical (unpaired) electrons. The lowest BCUT2D eigenvalue weighted by atomic mass is 10.1. The third-order valence-corrected chi connectivity index (χ3v) is 7.10.